The van der Waals surface area contributed by atoms with Crippen LogP contribution in [0.2, 0.25) is 0 Å². The number of carbonyl (C=O) groups is 2. The van der Waals surface area contributed by atoms with E-state index in [1.165, 1.54) is 6.92 Å². The molecule has 2 aromatic carbocycles. The first kappa shape index (κ1) is 12.8. The minimum Gasteiger partial charge on any atom is -0.410 e. The van der Waals surface area contributed by atoms with E-state index in [4.69, 9.17) is 10.5 Å². The van der Waals surface area contributed by atoms with Crippen LogP contribution >= 0.6 is 0 Å². The van der Waals surface area contributed by atoms with Crippen LogP contribution in [-0.4, -0.2) is 11.9 Å². The van der Waals surface area contributed by atoms with Crippen molar-refractivity contribution in [2.24, 2.45) is 5.73 Å². The fourth-order valence-corrected chi connectivity index (χ4v) is 1.81. The van der Waals surface area contributed by atoms with Gasteiger partial charge in [-0.1, -0.05) is 36.4 Å². The van der Waals surface area contributed by atoms with Crippen LogP contribution in [0.1, 0.15) is 17.3 Å². The van der Waals surface area contributed by atoms with Crippen LogP contribution < -0.4 is 10.5 Å². The van der Waals surface area contributed by atoms with Gasteiger partial charge in [-0.05, 0) is 24.6 Å². The third-order valence-corrected chi connectivity index (χ3v) is 2.68. The average Bonchev–Trinajstić information content (AvgIpc) is 2.39. The Labute approximate surface area is 110 Å². The molecule has 2 aromatic rings. The van der Waals surface area contributed by atoms with Crippen LogP contribution in [-0.2, 0) is 0 Å². The van der Waals surface area contributed by atoms with Gasteiger partial charge in [0.15, 0.2) is 5.78 Å². The molecule has 0 heterocycles. The number of carbonyl (C=O) groups excluding carboxylic acids is 2. The Morgan fingerprint density at radius 3 is 2.47 bits per heavy atom. The number of amides is 1. The topological polar surface area (TPSA) is 69.4 Å². The molecule has 0 saturated carbocycles. The van der Waals surface area contributed by atoms with E-state index in [9.17, 15) is 9.59 Å². The number of hydrogen-bond donors (Lipinski definition) is 1. The van der Waals surface area contributed by atoms with E-state index >= 15 is 0 Å². The number of benzene rings is 2. The fraction of sp³-hybridized carbons (Fsp3) is 0.0667. The van der Waals surface area contributed by atoms with Crippen LogP contribution in [0.15, 0.2) is 48.5 Å². The summed E-state index contributed by atoms with van der Waals surface area (Å²) in [5.74, 6) is 0.353. The summed E-state index contributed by atoms with van der Waals surface area (Å²) in [5, 5.41) is 0. The SMILES string of the molecule is CC(=O)c1cccc(-c2ccccc2OC(N)=O)c1. The van der Waals surface area contributed by atoms with Crippen LogP contribution in [0.25, 0.3) is 11.1 Å². The molecule has 96 valence electrons. The zero-order valence-electron chi connectivity index (χ0n) is 10.4. The third kappa shape index (κ3) is 2.98. The number of para-hydroxylation sites is 1. The molecule has 0 radical (unpaired) electrons. The molecule has 0 saturated heterocycles. The highest BCUT2D eigenvalue weighted by Gasteiger charge is 2.09. The van der Waals surface area contributed by atoms with Gasteiger partial charge in [0.25, 0.3) is 0 Å². The summed E-state index contributed by atoms with van der Waals surface area (Å²) < 4.78 is 4.95. The van der Waals surface area contributed by atoms with E-state index in [0.717, 1.165) is 5.56 Å². The Hall–Kier alpha value is -2.62. The van der Waals surface area contributed by atoms with Gasteiger partial charge in [0.1, 0.15) is 5.75 Å². The second kappa shape index (κ2) is 5.35. The number of ether oxygens (including phenoxy) is 1. The van der Waals surface area contributed by atoms with Crippen molar-refractivity contribution in [3.8, 4) is 16.9 Å². The molecule has 2 N–H and O–H groups in total. The van der Waals surface area contributed by atoms with Crippen molar-refractivity contribution in [3.63, 3.8) is 0 Å². The first-order valence-electron chi connectivity index (χ1n) is 5.75. The molecule has 0 bridgehead atoms. The predicted molar refractivity (Wildman–Crippen MR) is 72.1 cm³/mol. The maximum Gasteiger partial charge on any atom is 0.409 e. The van der Waals surface area contributed by atoms with E-state index < -0.39 is 6.09 Å². The highest BCUT2D eigenvalue weighted by molar-refractivity contribution is 5.95. The molecular weight excluding hydrogens is 242 g/mol. The monoisotopic (exact) mass is 255 g/mol. The van der Waals surface area contributed by atoms with E-state index in [2.05, 4.69) is 0 Å². The molecule has 0 aliphatic rings. The second-order valence-electron chi connectivity index (χ2n) is 4.05. The smallest absolute Gasteiger partial charge is 0.409 e. The molecule has 0 fully saturated rings. The lowest BCUT2D eigenvalue weighted by molar-refractivity contribution is 0.101. The Balaban J connectivity index is 2.49. The lowest BCUT2D eigenvalue weighted by atomic mass is 10.0. The van der Waals surface area contributed by atoms with Crippen molar-refractivity contribution >= 4 is 11.9 Å². The van der Waals surface area contributed by atoms with Crippen molar-refractivity contribution in [3.05, 3.63) is 54.1 Å². The van der Waals surface area contributed by atoms with Crippen LogP contribution in [0.5, 0.6) is 5.75 Å². The number of Topliss-reactive ketones (excluding diaryl/α,β-unsaturated/α-hetero) is 1. The lowest BCUT2D eigenvalue weighted by Gasteiger charge is -2.09. The second-order valence-corrected chi connectivity index (χ2v) is 4.05. The van der Waals surface area contributed by atoms with Crippen molar-refractivity contribution in [1.82, 2.24) is 0 Å². The van der Waals surface area contributed by atoms with Gasteiger partial charge >= 0.3 is 6.09 Å². The Morgan fingerprint density at radius 2 is 1.79 bits per heavy atom. The van der Waals surface area contributed by atoms with Gasteiger partial charge in [0, 0.05) is 11.1 Å². The average molecular weight is 255 g/mol. The van der Waals surface area contributed by atoms with Gasteiger partial charge in [-0.15, -0.1) is 0 Å². The fourth-order valence-electron chi connectivity index (χ4n) is 1.81. The van der Waals surface area contributed by atoms with Crippen LogP contribution in [0.4, 0.5) is 4.79 Å². The van der Waals surface area contributed by atoms with E-state index in [1.54, 1.807) is 36.4 Å². The maximum absolute atomic E-state index is 11.4. The summed E-state index contributed by atoms with van der Waals surface area (Å²) in [7, 11) is 0. The first-order chi connectivity index (χ1) is 9.08. The zero-order valence-corrected chi connectivity index (χ0v) is 10.4. The van der Waals surface area contributed by atoms with Gasteiger partial charge in [0.2, 0.25) is 0 Å². The summed E-state index contributed by atoms with van der Waals surface area (Å²) in [4.78, 5) is 22.3. The number of ketones is 1. The van der Waals surface area contributed by atoms with Crippen molar-refractivity contribution in [1.29, 1.82) is 0 Å². The van der Waals surface area contributed by atoms with Crippen molar-refractivity contribution in [2.45, 2.75) is 6.92 Å². The standard InChI is InChI=1S/C15H13NO3/c1-10(17)11-5-4-6-12(9-11)13-7-2-3-8-14(13)19-15(16)18/h2-9H,1H3,(H2,16,18). The summed E-state index contributed by atoms with van der Waals surface area (Å²) in [5.41, 5.74) is 7.15. The molecule has 19 heavy (non-hydrogen) atoms. The minimum absolute atomic E-state index is 0.0184. The third-order valence-electron chi connectivity index (χ3n) is 2.68. The predicted octanol–water partition coefficient (Wildman–Crippen LogP) is 3.01. The minimum atomic E-state index is -0.866. The molecular formula is C15H13NO3. The summed E-state index contributed by atoms with van der Waals surface area (Å²) in [6.45, 7) is 1.50. The normalized spacial score (nSPS) is 9.95. The molecule has 0 aromatic heterocycles. The Morgan fingerprint density at radius 1 is 1.05 bits per heavy atom. The number of nitrogens with two attached hydrogens (primary N) is 1. The summed E-state index contributed by atoms with van der Waals surface area (Å²) in [6.07, 6.45) is -0.866. The van der Waals surface area contributed by atoms with Gasteiger partial charge in [-0.2, -0.15) is 0 Å². The molecule has 0 aliphatic heterocycles. The summed E-state index contributed by atoms with van der Waals surface area (Å²) in [6, 6.07) is 14.1. The summed E-state index contributed by atoms with van der Waals surface area (Å²) >= 11 is 0. The van der Waals surface area contributed by atoms with Crippen LogP contribution in [0.3, 0.4) is 0 Å². The molecule has 0 aliphatic carbocycles. The van der Waals surface area contributed by atoms with Crippen molar-refractivity contribution < 1.29 is 14.3 Å². The molecule has 1 amide bonds. The highest BCUT2D eigenvalue weighted by Crippen LogP contribution is 2.30. The van der Waals surface area contributed by atoms with Crippen LogP contribution in [0, 0.1) is 0 Å². The number of hydrogen-bond acceptors (Lipinski definition) is 3. The van der Waals surface area contributed by atoms with Gasteiger partial charge in [-0.25, -0.2) is 4.79 Å². The highest BCUT2D eigenvalue weighted by atomic mass is 16.5. The molecule has 2 rings (SSSR count). The molecule has 4 heteroatoms. The molecule has 0 spiro atoms. The first-order valence-corrected chi connectivity index (χ1v) is 5.75. The van der Waals surface area contributed by atoms with Gasteiger partial charge in [-0.3, -0.25) is 4.79 Å². The van der Waals surface area contributed by atoms with Crippen molar-refractivity contribution in [2.75, 3.05) is 0 Å². The van der Waals surface area contributed by atoms with E-state index in [-0.39, 0.29) is 5.78 Å². The van der Waals surface area contributed by atoms with E-state index in [1.807, 2.05) is 12.1 Å². The molecule has 4 nitrogen and oxygen atoms in total. The number of primary amides is 1. The Bertz CT molecular complexity index is 635. The quantitative estimate of drug-likeness (QED) is 0.857. The van der Waals surface area contributed by atoms with Gasteiger partial charge < -0.3 is 10.5 Å². The molecule has 0 atom stereocenters. The largest absolute Gasteiger partial charge is 0.410 e. The lowest BCUT2D eigenvalue weighted by Crippen LogP contribution is -2.16. The van der Waals surface area contributed by atoms with E-state index in [0.29, 0.717) is 16.9 Å². The Kier molecular flexibility index (Phi) is 3.61. The molecule has 0 unspecified atom stereocenters. The van der Waals surface area contributed by atoms with Gasteiger partial charge in [0.05, 0.1) is 0 Å². The maximum atomic E-state index is 11.4. The zero-order chi connectivity index (χ0) is 13.8. The number of rotatable bonds is 3.